The predicted molar refractivity (Wildman–Crippen MR) is 115 cm³/mol. The predicted octanol–water partition coefficient (Wildman–Crippen LogP) is 7.06. The van der Waals surface area contributed by atoms with Gasteiger partial charge in [-0.15, -0.1) is 0 Å². The van der Waals surface area contributed by atoms with Crippen LogP contribution in [-0.2, 0) is 9.59 Å². The molecular formula is C24H44O4. The fourth-order valence-electron chi connectivity index (χ4n) is 5.31. The van der Waals surface area contributed by atoms with Crippen molar-refractivity contribution in [1.29, 1.82) is 0 Å². The molecule has 0 aliphatic heterocycles. The average Bonchev–Trinajstić information content (AvgIpc) is 2.65. The fourth-order valence-corrected chi connectivity index (χ4v) is 5.31. The monoisotopic (exact) mass is 396 g/mol. The minimum Gasteiger partial charge on any atom is -0.481 e. The smallest absolute Gasteiger partial charge is 0.310 e. The Morgan fingerprint density at radius 3 is 1.61 bits per heavy atom. The summed E-state index contributed by atoms with van der Waals surface area (Å²) in [5.74, 6) is -0.988. The van der Waals surface area contributed by atoms with E-state index in [2.05, 4.69) is 13.8 Å². The molecule has 2 atom stereocenters. The molecule has 0 amide bonds. The summed E-state index contributed by atoms with van der Waals surface area (Å²) < 4.78 is 0. The van der Waals surface area contributed by atoms with Gasteiger partial charge in [-0.25, -0.2) is 0 Å². The highest BCUT2D eigenvalue weighted by Crippen LogP contribution is 2.56. The Hall–Kier alpha value is -1.06. The Labute approximate surface area is 172 Å². The molecule has 28 heavy (non-hydrogen) atoms. The van der Waals surface area contributed by atoms with Gasteiger partial charge in [-0.2, -0.15) is 0 Å². The normalized spacial score (nSPS) is 25.1. The Bertz CT molecular complexity index is 473. The molecule has 1 aliphatic rings. The topological polar surface area (TPSA) is 74.6 Å². The molecule has 4 nitrogen and oxygen atoms in total. The number of aliphatic carboxylic acids is 2. The maximum atomic E-state index is 12.2. The number of hydrogen-bond acceptors (Lipinski definition) is 2. The van der Waals surface area contributed by atoms with Crippen LogP contribution in [0.5, 0.6) is 0 Å². The quantitative estimate of drug-likeness (QED) is 0.291. The molecule has 0 aromatic heterocycles. The summed E-state index contributed by atoms with van der Waals surface area (Å²) in [5.41, 5.74) is -2.17. The molecule has 1 aliphatic carbocycles. The lowest BCUT2D eigenvalue weighted by molar-refractivity contribution is -0.181. The van der Waals surface area contributed by atoms with Gasteiger partial charge in [0.15, 0.2) is 0 Å². The number of carbonyl (C=O) groups is 2. The first-order valence-corrected chi connectivity index (χ1v) is 11.8. The molecule has 0 heterocycles. The first kappa shape index (κ1) is 25.0. The third kappa shape index (κ3) is 6.49. The molecule has 1 rings (SSSR count). The van der Waals surface area contributed by atoms with Gasteiger partial charge in [0.25, 0.3) is 0 Å². The van der Waals surface area contributed by atoms with E-state index >= 15 is 0 Å². The van der Waals surface area contributed by atoms with E-state index in [1.807, 2.05) is 6.92 Å². The molecule has 2 unspecified atom stereocenters. The van der Waals surface area contributed by atoms with Crippen molar-refractivity contribution >= 4 is 11.9 Å². The summed E-state index contributed by atoms with van der Waals surface area (Å²) in [6.45, 7) is 6.41. The second kappa shape index (κ2) is 12.5. The van der Waals surface area contributed by atoms with Crippen LogP contribution in [0.25, 0.3) is 0 Å². The maximum Gasteiger partial charge on any atom is 0.310 e. The summed E-state index contributed by atoms with van der Waals surface area (Å²) in [5, 5.41) is 19.9. The van der Waals surface area contributed by atoms with Crippen molar-refractivity contribution in [1.82, 2.24) is 0 Å². The number of hydrogen-bond donors (Lipinski definition) is 2. The Balaban J connectivity index is 2.36. The van der Waals surface area contributed by atoms with Crippen LogP contribution < -0.4 is 0 Å². The molecule has 0 bridgehead atoms. The van der Waals surface area contributed by atoms with Crippen molar-refractivity contribution in [2.45, 2.75) is 124 Å². The van der Waals surface area contributed by atoms with Crippen molar-refractivity contribution in [3.05, 3.63) is 0 Å². The Morgan fingerprint density at radius 2 is 1.18 bits per heavy atom. The van der Waals surface area contributed by atoms with E-state index in [4.69, 9.17) is 0 Å². The van der Waals surface area contributed by atoms with Gasteiger partial charge in [-0.1, -0.05) is 97.8 Å². The maximum absolute atomic E-state index is 12.2. The highest BCUT2D eigenvalue weighted by atomic mass is 16.4. The lowest BCUT2D eigenvalue weighted by atomic mass is 9.53. The highest BCUT2D eigenvalue weighted by Gasteiger charge is 2.60. The minimum absolute atomic E-state index is 0.408. The first-order valence-electron chi connectivity index (χ1n) is 11.8. The summed E-state index contributed by atoms with van der Waals surface area (Å²) in [4.78, 5) is 24.3. The van der Waals surface area contributed by atoms with Gasteiger partial charge in [-0.05, 0) is 31.6 Å². The van der Waals surface area contributed by atoms with E-state index in [1.165, 1.54) is 44.9 Å². The molecule has 0 saturated heterocycles. The molecule has 164 valence electrons. The number of carboxylic acid groups (broad SMARTS) is 2. The zero-order valence-corrected chi connectivity index (χ0v) is 18.6. The van der Waals surface area contributed by atoms with Crippen LogP contribution in [0.3, 0.4) is 0 Å². The first-order chi connectivity index (χ1) is 13.3. The Morgan fingerprint density at radius 1 is 0.750 bits per heavy atom. The van der Waals surface area contributed by atoms with Crippen molar-refractivity contribution in [3.63, 3.8) is 0 Å². The second-order valence-electron chi connectivity index (χ2n) is 9.45. The van der Waals surface area contributed by atoms with Crippen LogP contribution in [0.2, 0.25) is 0 Å². The van der Waals surface area contributed by atoms with Crippen LogP contribution in [0, 0.1) is 16.7 Å². The lowest BCUT2D eigenvalue weighted by Gasteiger charge is -2.48. The van der Waals surface area contributed by atoms with Crippen LogP contribution >= 0.6 is 0 Å². The average molecular weight is 397 g/mol. The van der Waals surface area contributed by atoms with Crippen molar-refractivity contribution in [3.8, 4) is 0 Å². The number of carboxylic acids is 2. The molecule has 1 fully saturated rings. The lowest BCUT2D eigenvalue weighted by Crippen LogP contribution is -2.54. The van der Waals surface area contributed by atoms with E-state index in [0.717, 1.165) is 38.0 Å². The van der Waals surface area contributed by atoms with E-state index < -0.39 is 22.8 Å². The van der Waals surface area contributed by atoms with Crippen LogP contribution in [-0.4, -0.2) is 22.2 Å². The Kier molecular flexibility index (Phi) is 11.1. The fraction of sp³-hybridized carbons (Fsp3) is 0.917. The molecule has 0 radical (unpaired) electrons. The second-order valence-corrected chi connectivity index (χ2v) is 9.45. The minimum atomic E-state index is -1.09. The number of unbranched alkanes of at least 4 members (excludes halogenated alkanes) is 8. The van der Waals surface area contributed by atoms with E-state index in [1.54, 1.807) is 0 Å². The zero-order chi connectivity index (χ0) is 21.0. The molecule has 1 saturated carbocycles. The van der Waals surface area contributed by atoms with Crippen LogP contribution in [0.1, 0.15) is 124 Å². The summed E-state index contributed by atoms with van der Waals surface area (Å²) in [7, 11) is 0. The summed E-state index contributed by atoms with van der Waals surface area (Å²) in [6.07, 6.45) is 15.7. The van der Waals surface area contributed by atoms with Gasteiger partial charge >= 0.3 is 11.9 Å². The summed E-state index contributed by atoms with van der Waals surface area (Å²) >= 11 is 0. The molecule has 2 N–H and O–H groups in total. The van der Waals surface area contributed by atoms with Gasteiger partial charge in [0.05, 0.1) is 10.8 Å². The SMILES string of the molecule is CCC1(C(=O)O)CCCCC1(CCCCCCCCCCCC(C)C)C(=O)O. The number of rotatable bonds is 15. The molecule has 0 spiro atoms. The standard InChI is InChI=1S/C24H44O4/c1-4-23(21(25)26)17-14-15-19-24(23,22(27)28)18-13-11-9-7-5-6-8-10-12-16-20(2)3/h20H,4-19H2,1-3H3,(H,25,26)(H,27,28). The third-order valence-electron chi connectivity index (χ3n) is 7.18. The van der Waals surface area contributed by atoms with Crippen LogP contribution in [0.4, 0.5) is 0 Å². The van der Waals surface area contributed by atoms with E-state index in [0.29, 0.717) is 25.7 Å². The largest absolute Gasteiger partial charge is 0.481 e. The van der Waals surface area contributed by atoms with Gasteiger partial charge < -0.3 is 10.2 Å². The third-order valence-corrected chi connectivity index (χ3v) is 7.18. The molecular weight excluding hydrogens is 352 g/mol. The van der Waals surface area contributed by atoms with E-state index in [-0.39, 0.29) is 0 Å². The molecule has 4 heteroatoms. The van der Waals surface area contributed by atoms with Gasteiger partial charge in [0, 0.05) is 0 Å². The van der Waals surface area contributed by atoms with Crippen LogP contribution in [0.15, 0.2) is 0 Å². The van der Waals surface area contributed by atoms with Gasteiger partial charge in [0.2, 0.25) is 0 Å². The van der Waals surface area contributed by atoms with Gasteiger partial charge in [0.1, 0.15) is 0 Å². The molecule has 0 aromatic rings. The highest BCUT2D eigenvalue weighted by molar-refractivity contribution is 5.87. The van der Waals surface area contributed by atoms with Crippen molar-refractivity contribution in [2.75, 3.05) is 0 Å². The summed E-state index contributed by atoms with van der Waals surface area (Å²) in [6, 6.07) is 0. The van der Waals surface area contributed by atoms with Crippen molar-refractivity contribution < 1.29 is 19.8 Å². The zero-order valence-electron chi connectivity index (χ0n) is 18.6. The van der Waals surface area contributed by atoms with Crippen molar-refractivity contribution in [2.24, 2.45) is 16.7 Å². The van der Waals surface area contributed by atoms with Gasteiger partial charge in [-0.3, -0.25) is 9.59 Å². The van der Waals surface area contributed by atoms with E-state index in [9.17, 15) is 19.8 Å². The molecule has 0 aromatic carbocycles.